The topological polar surface area (TPSA) is 0 Å². The van der Waals surface area contributed by atoms with Crippen molar-refractivity contribution in [2.75, 3.05) is 4.43 Å². The summed E-state index contributed by atoms with van der Waals surface area (Å²) in [7, 11) is 0. The zero-order chi connectivity index (χ0) is 9.30. The Labute approximate surface area is 86.4 Å². The van der Waals surface area contributed by atoms with E-state index < -0.39 is 0 Å². The predicted molar refractivity (Wildman–Crippen MR) is 50.8 cm³/mol. The molecule has 0 atom stereocenters. The van der Waals surface area contributed by atoms with Crippen molar-refractivity contribution in [1.82, 2.24) is 0 Å². The van der Waals surface area contributed by atoms with E-state index in [1.165, 1.54) is 4.43 Å². The Hall–Kier alpha value is 0.210. The first-order valence-electron chi connectivity index (χ1n) is 4.50. The van der Waals surface area contributed by atoms with Crippen molar-refractivity contribution >= 4 is 0 Å². The molecule has 1 heteroatoms. The van der Waals surface area contributed by atoms with Gasteiger partial charge in [-0.2, -0.15) is 0 Å². The Morgan fingerprint density at radius 2 is 1.67 bits per heavy atom. The molecule has 1 aliphatic heterocycles. The maximum atomic E-state index is 2.33. The molecule has 12 heavy (non-hydrogen) atoms. The number of allylic oxidation sites excluding steroid dienone is 4. The molecule has 0 nitrogen and oxygen atoms in total. The van der Waals surface area contributed by atoms with Crippen LogP contribution in [-0.4, -0.2) is 4.43 Å². The van der Waals surface area contributed by atoms with E-state index in [1.54, 1.807) is 20.3 Å². The second kappa shape index (κ2) is 3.95. The summed E-state index contributed by atoms with van der Waals surface area (Å²) in [5.41, 5.74) is 4.79. The molecule has 0 saturated heterocycles. The zero-order valence-corrected chi connectivity index (χ0v) is 10.8. The van der Waals surface area contributed by atoms with Gasteiger partial charge in [-0.3, -0.25) is 0 Å². The molecule has 0 spiro atoms. The third-order valence-corrected chi connectivity index (χ3v) is 6.88. The van der Waals surface area contributed by atoms with Gasteiger partial charge in [-0.05, 0) is 0 Å². The van der Waals surface area contributed by atoms with Gasteiger partial charge in [-0.15, -0.1) is 0 Å². The van der Waals surface area contributed by atoms with Crippen LogP contribution in [0.5, 0.6) is 0 Å². The zero-order valence-electron chi connectivity index (χ0n) is 8.66. The summed E-state index contributed by atoms with van der Waals surface area (Å²) in [5, 5.41) is 0. The first-order valence-corrected chi connectivity index (χ1v) is 7.11. The third kappa shape index (κ3) is 1.93. The van der Waals surface area contributed by atoms with Crippen LogP contribution in [0.25, 0.3) is 0 Å². The van der Waals surface area contributed by atoms with Crippen LogP contribution >= 0.6 is 0 Å². The van der Waals surface area contributed by atoms with E-state index in [1.807, 2.05) is 0 Å². The van der Waals surface area contributed by atoms with Crippen LogP contribution in [0, 0.1) is 5.92 Å². The summed E-state index contributed by atoms with van der Waals surface area (Å²) in [6.07, 6.45) is 0. The molecule has 0 bridgehead atoms. The van der Waals surface area contributed by atoms with Gasteiger partial charge in [0.1, 0.15) is 0 Å². The van der Waals surface area contributed by atoms with Crippen LogP contribution in [0.15, 0.2) is 20.3 Å². The second-order valence-electron chi connectivity index (χ2n) is 3.80. The molecule has 1 heterocycles. The normalized spacial score (nSPS) is 20.2. The molecule has 0 radical (unpaired) electrons. The molecule has 0 fully saturated rings. The van der Waals surface area contributed by atoms with Crippen LogP contribution in [-0.2, 0) is 0 Å². The summed E-state index contributed by atoms with van der Waals surface area (Å²) < 4.78 is 3.16. The molecule has 0 aliphatic carbocycles. The minimum absolute atomic E-state index is 0.323. The Balaban J connectivity index is 3.03. The quantitative estimate of drug-likeness (QED) is 0.479. The molecular weight excluding hydrogens is 259 g/mol. The van der Waals surface area contributed by atoms with Gasteiger partial charge in [-0.25, -0.2) is 0 Å². The van der Waals surface area contributed by atoms with Crippen molar-refractivity contribution < 1.29 is 21.2 Å². The van der Waals surface area contributed by atoms with Crippen molar-refractivity contribution in [1.29, 1.82) is 0 Å². The number of halogens is 1. The Bertz CT molecular complexity index is 244. The predicted octanol–water partition coefficient (Wildman–Crippen LogP) is 0.355. The SMILES string of the molecule is CC1=C(C)C(C)=C(C(C)C)[I-]C1. The van der Waals surface area contributed by atoms with Crippen LogP contribution in [0.1, 0.15) is 34.6 Å². The first kappa shape index (κ1) is 10.3. The number of hydrogen-bond acceptors (Lipinski definition) is 0. The first-order chi connectivity index (χ1) is 5.54. The summed E-state index contributed by atoms with van der Waals surface area (Å²) >= 11 is 0.323. The van der Waals surface area contributed by atoms with Crippen molar-refractivity contribution in [3.05, 3.63) is 20.3 Å². The van der Waals surface area contributed by atoms with E-state index in [0.29, 0.717) is 21.2 Å². The van der Waals surface area contributed by atoms with Crippen molar-refractivity contribution in [2.24, 2.45) is 5.92 Å². The van der Waals surface area contributed by atoms with Gasteiger partial charge in [0.25, 0.3) is 0 Å². The van der Waals surface area contributed by atoms with Crippen LogP contribution in [0.4, 0.5) is 0 Å². The van der Waals surface area contributed by atoms with Gasteiger partial charge in [-0.1, -0.05) is 0 Å². The molecule has 0 aromatic carbocycles. The van der Waals surface area contributed by atoms with E-state index in [2.05, 4.69) is 34.6 Å². The van der Waals surface area contributed by atoms with Gasteiger partial charge in [0.05, 0.1) is 0 Å². The van der Waals surface area contributed by atoms with Crippen molar-refractivity contribution in [3.8, 4) is 0 Å². The monoisotopic (exact) mass is 277 g/mol. The molecule has 0 saturated carbocycles. The number of hydrogen-bond donors (Lipinski definition) is 0. The van der Waals surface area contributed by atoms with Gasteiger partial charge in [0.15, 0.2) is 0 Å². The molecule has 1 rings (SSSR count). The van der Waals surface area contributed by atoms with E-state index in [9.17, 15) is 0 Å². The number of alkyl halides is 1. The van der Waals surface area contributed by atoms with Crippen LogP contribution < -0.4 is 21.2 Å². The molecule has 0 aromatic rings. The van der Waals surface area contributed by atoms with Gasteiger partial charge in [0, 0.05) is 0 Å². The average Bonchev–Trinajstić information content (AvgIpc) is 2.00. The van der Waals surface area contributed by atoms with Gasteiger partial charge < -0.3 is 0 Å². The van der Waals surface area contributed by atoms with Crippen LogP contribution in [0.3, 0.4) is 0 Å². The Morgan fingerprint density at radius 3 is 2.17 bits per heavy atom. The van der Waals surface area contributed by atoms with Crippen molar-refractivity contribution in [2.45, 2.75) is 34.6 Å². The van der Waals surface area contributed by atoms with Gasteiger partial charge in [0.2, 0.25) is 0 Å². The fourth-order valence-corrected chi connectivity index (χ4v) is 4.87. The Morgan fingerprint density at radius 1 is 1.08 bits per heavy atom. The molecule has 0 unspecified atom stereocenters. The Kier molecular flexibility index (Phi) is 3.38. The van der Waals surface area contributed by atoms with Crippen molar-refractivity contribution in [3.63, 3.8) is 0 Å². The summed E-state index contributed by atoms with van der Waals surface area (Å²) in [6, 6.07) is 0. The molecule has 0 amide bonds. The van der Waals surface area contributed by atoms with E-state index in [4.69, 9.17) is 0 Å². The van der Waals surface area contributed by atoms with Gasteiger partial charge >= 0.3 is 86.5 Å². The molecule has 0 aromatic heterocycles. The fraction of sp³-hybridized carbons (Fsp3) is 0.636. The summed E-state index contributed by atoms with van der Waals surface area (Å²) in [4.78, 5) is 0. The standard InChI is InChI=1S/C11H18I/c1-7(2)11-10(5)9(4)8(3)6-12-11/h7H,6H2,1-5H3/q-1. The van der Waals surface area contributed by atoms with E-state index >= 15 is 0 Å². The van der Waals surface area contributed by atoms with Crippen LogP contribution in [0.2, 0.25) is 0 Å². The molecule has 70 valence electrons. The minimum atomic E-state index is 0.323. The molecule has 1 aliphatic rings. The molecule has 0 N–H and O–H groups in total. The average molecular weight is 277 g/mol. The molecular formula is C11H18I-. The number of rotatable bonds is 1. The second-order valence-corrected chi connectivity index (χ2v) is 6.49. The summed E-state index contributed by atoms with van der Waals surface area (Å²) in [6.45, 7) is 11.5. The third-order valence-electron chi connectivity index (χ3n) is 2.48. The maximum absolute atomic E-state index is 2.33. The summed E-state index contributed by atoms with van der Waals surface area (Å²) in [5.74, 6) is 0.779. The van der Waals surface area contributed by atoms with E-state index in [-0.39, 0.29) is 0 Å². The van der Waals surface area contributed by atoms with E-state index in [0.717, 1.165) is 5.92 Å². The fourth-order valence-electron chi connectivity index (χ4n) is 1.46.